The summed E-state index contributed by atoms with van der Waals surface area (Å²) >= 11 is 0. The Bertz CT molecular complexity index is 471. The van der Waals surface area contributed by atoms with Crippen molar-refractivity contribution in [3.8, 4) is 0 Å². The lowest BCUT2D eigenvalue weighted by Gasteiger charge is -2.06. The molecule has 0 radical (unpaired) electrons. The highest BCUT2D eigenvalue weighted by atomic mass is 16.5. The molecule has 0 atom stereocenters. The Labute approximate surface area is 100 Å². The maximum absolute atomic E-state index is 11.6. The summed E-state index contributed by atoms with van der Waals surface area (Å²) in [6.07, 6.45) is 0. The van der Waals surface area contributed by atoms with Gasteiger partial charge in [0.1, 0.15) is 0 Å². The molecular weight excluding hydrogens is 216 g/mol. The van der Waals surface area contributed by atoms with Gasteiger partial charge in [0.25, 0.3) is 0 Å². The third-order valence-electron chi connectivity index (χ3n) is 2.15. The summed E-state index contributed by atoms with van der Waals surface area (Å²) in [4.78, 5) is 15.4. The van der Waals surface area contributed by atoms with E-state index in [1.165, 1.54) is 0 Å². The van der Waals surface area contributed by atoms with Crippen molar-refractivity contribution in [1.82, 2.24) is 0 Å². The van der Waals surface area contributed by atoms with Crippen LogP contribution in [-0.4, -0.2) is 18.6 Å². The summed E-state index contributed by atoms with van der Waals surface area (Å²) in [6.45, 7) is 3.68. The van der Waals surface area contributed by atoms with Crippen molar-refractivity contribution in [3.05, 3.63) is 41.5 Å². The fourth-order valence-corrected chi connectivity index (χ4v) is 1.35. The van der Waals surface area contributed by atoms with Gasteiger partial charge in [0.2, 0.25) is 0 Å². The minimum absolute atomic E-state index is 0.312. The second kappa shape index (κ2) is 6.40. The number of carbonyl (C=O) groups excluding carboxylic acids is 1. The Balaban J connectivity index is 3.21. The van der Waals surface area contributed by atoms with Crippen LogP contribution in [0, 0.1) is 5.41 Å². The maximum Gasteiger partial charge on any atom is 0.335 e. The molecule has 0 bridgehead atoms. The summed E-state index contributed by atoms with van der Waals surface area (Å²) in [7, 11) is 0. The summed E-state index contributed by atoms with van der Waals surface area (Å²) in [5.74, 6) is -0.426. The largest absolute Gasteiger partial charge is 0.463 e. The van der Waals surface area contributed by atoms with Gasteiger partial charge in [0.15, 0.2) is 0 Å². The Hall–Kier alpha value is -2.19. The monoisotopic (exact) mass is 230 g/mol. The van der Waals surface area contributed by atoms with Gasteiger partial charge in [0.05, 0.1) is 23.9 Å². The fraction of sp³-hybridized carbons (Fsp3) is 0.231. The number of ether oxygens (including phenoxy) is 1. The number of carbonyl (C=O) groups is 1. The van der Waals surface area contributed by atoms with E-state index in [2.05, 4.69) is 4.99 Å². The van der Waals surface area contributed by atoms with Crippen molar-refractivity contribution in [2.24, 2.45) is 4.99 Å². The minimum atomic E-state index is -0.426. The number of rotatable bonds is 4. The van der Waals surface area contributed by atoms with Crippen molar-refractivity contribution in [3.63, 3.8) is 0 Å². The molecule has 0 fully saturated rings. The number of esters is 1. The first-order valence-corrected chi connectivity index (χ1v) is 5.26. The first-order valence-electron chi connectivity index (χ1n) is 5.26. The molecule has 0 aliphatic heterocycles. The third-order valence-corrected chi connectivity index (χ3v) is 2.15. The highest BCUT2D eigenvalue weighted by Gasteiger charge is 2.12. The predicted molar refractivity (Wildman–Crippen MR) is 65.8 cm³/mol. The molecule has 0 saturated heterocycles. The SMILES string of the molecule is CCOC(=O)C(C)=C(N=C=N)c1ccccc1. The Morgan fingerprint density at radius 2 is 2.06 bits per heavy atom. The second-order valence-electron chi connectivity index (χ2n) is 3.28. The van der Waals surface area contributed by atoms with Gasteiger partial charge in [-0.05, 0) is 13.8 Å². The fourth-order valence-electron chi connectivity index (χ4n) is 1.35. The minimum Gasteiger partial charge on any atom is -0.463 e. The smallest absolute Gasteiger partial charge is 0.335 e. The summed E-state index contributed by atoms with van der Waals surface area (Å²) in [5, 5.41) is 6.92. The van der Waals surface area contributed by atoms with Crippen LogP contribution < -0.4 is 0 Å². The first kappa shape index (κ1) is 12.9. The molecule has 4 heteroatoms. The number of nitrogens with one attached hydrogen (secondary N) is 1. The van der Waals surface area contributed by atoms with Gasteiger partial charge in [0, 0.05) is 5.56 Å². The molecule has 1 rings (SSSR count). The number of nitrogens with zero attached hydrogens (tertiary/aromatic N) is 1. The van der Waals surface area contributed by atoms with Gasteiger partial charge in [-0.3, -0.25) is 0 Å². The van der Waals surface area contributed by atoms with Crippen LogP contribution in [-0.2, 0) is 9.53 Å². The normalized spacial score (nSPS) is 11.2. The molecular formula is C13H14N2O2. The number of benzene rings is 1. The molecule has 0 aromatic heterocycles. The van der Waals surface area contributed by atoms with Gasteiger partial charge in [-0.2, -0.15) is 4.99 Å². The molecule has 1 aromatic rings. The third kappa shape index (κ3) is 3.40. The van der Waals surface area contributed by atoms with Crippen molar-refractivity contribution >= 4 is 17.7 Å². The topological polar surface area (TPSA) is 62.5 Å². The molecule has 0 unspecified atom stereocenters. The lowest BCUT2D eigenvalue weighted by Crippen LogP contribution is -2.07. The van der Waals surface area contributed by atoms with Crippen LogP contribution in [0.4, 0.5) is 0 Å². The predicted octanol–water partition coefficient (Wildman–Crippen LogP) is 2.73. The van der Waals surface area contributed by atoms with Crippen LogP contribution in [0.5, 0.6) is 0 Å². The van der Waals surface area contributed by atoms with E-state index in [0.717, 1.165) is 5.56 Å². The average Bonchev–Trinajstić information content (AvgIpc) is 2.36. The van der Waals surface area contributed by atoms with Crippen LogP contribution in [0.1, 0.15) is 19.4 Å². The van der Waals surface area contributed by atoms with Crippen LogP contribution in [0.15, 0.2) is 40.9 Å². The maximum atomic E-state index is 11.6. The van der Waals surface area contributed by atoms with E-state index in [0.29, 0.717) is 17.9 Å². The zero-order valence-electron chi connectivity index (χ0n) is 9.86. The first-order chi connectivity index (χ1) is 8.20. The van der Waals surface area contributed by atoms with E-state index in [1.54, 1.807) is 13.8 Å². The van der Waals surface area contributed by atoms with Crippen molar-refractivity contribution in [1.29, 1.82) is 5.41 Å². The second-order valence-corrected chi connectivity index (χ2v) is 3.28. The quantitative estimate of drug-likeness (QED) is 0.491. The van der Waals surface area contributed by atoms with E-state index < -0.39 is 5.97 Å². The Morgan fingerprint density at radius 1 is 1.41 bits per heavy atom. The summed E-state index contributed by atoms with van der Waals surface area (Å²) in [6, 6.07) is 11.1. The standard InChI is InChI=1S/C13H14N2O2/c1-3-17-13(16)10(2)12(15-9-14)11-7-5-4-6-8-11/h4-8,14H,3H2,1-2H3. The van der Waals surface area contributed by atoms with Crippen LogP contribution >= 0.6 is 0 Å². The van der Waals surface area contributed by atoms with E-state index >= 15 is 0 Å². The lowest BCUT2D eigenvalue weighted by atomic mass is 10.1. The molecule has 4 nitrogen and oxygen atoms in total. The van der Waals surface area contributed by atoms with Gasteiger partial charge >= 0.3 is 5.97 Å². The molecule has 0 heterocycles. The Morgan fingerprint density at radius 3 is 2.59 bits per heavy atom. The molecule has 17 heavy (non-hydrogen) atoms. The Kier molecular flexibility index (Phi) is 4.85. The molecule has 1 aromatic carbocycles. The van der Waals surface area contributed by atoms with Crippen molar-refractivity contribution in [2.75, 3.05) is 6.61 Å². The summed E-state index contributed by atoms with van der Waals surface area (Å²) < 4.78 is 4.91. The summed E-state index contributed by atoms with van der Waals surface area (Å²) in [5.41, 5.74) is 1.55. The highest BCUT2D eigenvalue weighted by Crippen LogP contribution is 2.20. The van der Waals surface area contributed by atoms with Crippen LogP contribution in [0.3, 0.4) is 0 Å². The van der Waals surface area contributed by atoms with Crippen LogP contribution in [0.25, 0.3) is 5.70 Å². The van der Waals surface area contributed by atoms with Gasteiger partial charge < -0.3 is 4.74 Å². The van der Waals surface area contributed by atoms with E-state index in [4.69, 9.17) is 10.1 Å². The molecule has 0 saturated carbocycles. The van der Waals surface area contributed by atoms with Gasteiger partial charge in [-0.25, -0.2) is 10.2 Å². The van der Waals surface area contributed by atoms with Gasteiger partial charge in [-0.15, -0.1) is 0 Å². The van der Waals surface area contributed by atoms with Crippen molar-refractivity contribution < 1.29 is 9.53 Å². The van der Waals surface area contributed by atoms with Crippen molar-refractivity contribution in [2.45, 2.75) is 13.8 Å². The van der Waals surface area contributed by atoms with E-state index in [9.17, 15) is 4.79 Å². The van der Waals surface area contributed by atoms with Crippen LogP contribution in [0.2, 0.25) is 0 Å². The highest BCUT2D eigenvalue weighted by molar-refractivity contribution is 5.97. The zero-order valence-corrected chi connectivity index (χ0v) is 9.86. The lowest BCUT2D eigenvalue weighted by molar-refractivity contribution is -0.138. The van der Waals surface area contributed by atoms with E-state index in [1.807, 2.05) is 36.3 Å². The van der Waals surface area contributed by atoms with E-state index in [-0.39, 0.29) is 0 Å². The molecule has 0 spiro atoms. The molecule has 0 amide bonds. The molecule has 0 aliphatic rings. The average molecular weight is 230 g/mol. The number of hydrogen-bond acceptors (Lipinski definition) is 4. The molecule has 0 aliphatic carbocycles. The zero-order chi connectivity index (χ0) is 12.7. The number of aliphatic imine (C=N–C) groups is 1. The molecule has 88 valence electrons. The molecule has 1 N–H and O–H groups in total. The number of hydrogen-bond donors (Lipinski definition) is 1. The van der Waals surface area contributed by atoms with Gasteiger partial charge in [-0.1, -0.05) is 30.3 Å².